The van der Waals surface area contributed by atoms with E-state index in [9.17, 15) is 0 Å². The molecule has 32 heavy (non-hydrogen) atoms. The van der Waals surface area contributed by atoms with Gasteiger partial charge in [-0.25, -0.2) is 0 Å². The van der Waals surface area contributed by atoms with E-state index in [1.807, 2.05) is 24.3 Å². The average molecular weight is 437 g/mol. The predicted octanol–water partition coefficient (Wildman–Crippen LogP) is 5.30. The Hall–Kier alpha value is -3.34. The van der Waals surface area contributed by atoms with E-state index < -0.39 is 0 Å². The van der Waals surface area contributed by atoms with E-state index in [1.54, 1.807) is 35.5 Å². The third kappa shape index (κ3) is 5.47. The number of hydrogen-bond donors (Lipinski definition) is 0. The van der Waals surface area contributed by atoms with Crippen molar-refractivity contribution in [3.8, 4) is 28.7 Å². The van der Waals surface area contributed by atoms with Gasteiger partial charge in [0.25, 0.3) is 0 Å². The number of rotatable bonds is 11. The molecule has 3 aromatic carbocycles. The number of hydrogen-bond acceptors (Lipinski definition) is 5. The molecule has 0 N–H and O–H groups in total. The largest absolute Gasteiger partial charge is 0.497 e. The lowest BCUT2D eigenvalue weighted by atomic mass is 9.96. The maximum Gasteiger partial charge on any atom is 0.203 e. The monoisotopic (exact) mass is 436 g/mol. The Morgan fingerprint density at radius 1 is 0.438 bits per heavy atom. The fourth-order valence-corrected chi connectivity index (χ4v) is 3.88. The zero-order valence-electron chi connectivity index (χ0n) is 19.6. The van der Waals surface area contributed by atoms with Crippen molar-refractivity contribution in [3.63, 3.8) is 0 Å². The summed E-state index contributed by atoms with van der Waals surface area (Å²) in [5.41, 5.74) is 4.68. The average Bonchev–Trinajstić information content (AvgIpc) is 2.85. The summed E-state index contributed by atoms with van der Waals surface area (Å²) < 4.78 is 27.7. The van der Waals surface area contributed by atoms with Gasteiger partial charge in [0.15, 0.2) is 11.5 Å². The van der Waals surface area contributed by atoms with Crippen molar-refractivity contribution in [1.82, 2.24) is 0 Å². The van der Waals surface area contributed by atoms with Gasteiger partial charge < -0.3 is 23.7 Å². The molecule has 0 bridgehead atoms. The number of methoxy groups -OCH3 is 5. The molecule has 0 aliphatic rings. The maximum absolute atomic E-state index is 5.74. The fourth-order valence-electron chi connectivity index (χ4n) is 3.88. The third-order valence-electron chi connectivity index (χ3n) is 5.64. The zero-order valence-corrected chi connectivity index (χ0v) is 19.6. The van der Waals surface area contributed by atoms with E-state index in [0.29, 0.717) is 5.75 Å². The van der Waals surface area contributed by atoms with E-state index in [0.717, 1.165) is 59.8 Å². The molecule has 3 aromatic rings. The molecule has 5 nitrogen and oxygen atoms in total. The first-order valence-corrected chi connectivity index (χ1v) is 10.7. The van der Waals surface area contributed by atoms with Crippen molar-refractivity contribution in [2.24, 2.45) is 0 Å². The van der Waals surface area contributed by atoms with Crippen LogP contribution in [0.5, 0.6) is 28.7 Å². The molecular weight excluding hydrogens is 404 g/mol. The summed E-state index contributed by atoms with van der Waals surface area (Å²) in [5.74, 6) is 3.82. The molecule has 0 aliphatic carbocycles. The lowest BCUT2D eigenvalue weighted by Crippen LogP contribution is -2.05. The smallest absolute Gasteiger partial charge is 0.203 e. The van der Waals surface area contributed by atoms with Crippen LogP contribution in [0.3, 0.4) is 0 Å². The van der Waals surface area contributed by atoms with E-state index in [4.69, 9.17) is 23.7 Å². The summed E-state index contributed by atoms with van der Waals surface area (Å²) in [4.78, 5) is 0. The Balaban J connectivity index is 1.85. The Bertz CT molecular complexity index is 916. The molecular formula is C27H32O5. The Kier molecular flexibility index (Phi) is 8.26. The van der Waals surface area contributed by atoms with Gasteiger partial charge in [0, 0.05) is 0 Å². The Morgan fingerprint density at radius 2 is 0.812 bits per heavy atom. The van der Waals surface area contributed by atoms with Gasteiger partial charge in [-0.3, -0.25) is 0 Å². The summed E-state index contributed by atoms with van der Waals surface area (Å²) in [6, 6.07) is 18.5. The molecule has 0 heterocycles. The quantitative estimate of drug-likeness (QED) is 0.408. The summed E-state index contributed by atoms with van der Waals surface area (Å²) in [6.07, 6.45) is 3.41. The molecule has 0 amide bonds. The lowest BCUT2D eigenvalue weighted by molar-refractivity contribution is 0.320. The predicted molar refractivity (Wildman–Crippen MR) is 127 cm³/mol. The molecule has 0 saturated carbocycles. The van der Waals surface area contributed by atoms with Crippen LogP contribution in [-0.4, -0.2) is 35.5 Å². The molecule has 0 aromatic heterocycles. The minimum Gasteiger partial charge on any atom is -0.497 e. The van der Waals surface area contributed by atoms with Crippen LogP contribution in [0.2, 0.25) is 0 Å². The normalized spacial score (nSPS) is 10.5. The molecule has 170 valence electrons. The second kappa shape index (κ2) is 11.3. The lowest BCUT2D eigenvalue weighted by Gasteiger charge is -2.19. The molecule has 3 rings (SSSR count). The van der Waals surface area contributed by atoms with Crippen molar-refractivity contribution in [1.29, 1.82) is 0 Å². The van der Waals surface area contributed by atoms with Crippen molar-refractivity contribution in [2.45, 2.75) is 25.7 Å². The van der Waals surface area contributed by atoms with Crippen LogP contribution in [0.15, 0.2) is 54.6 Å². The summed E-state index contributed by atoms with van der Waals surface area (Å²) in [7, 11) is 8.35. The van der Waals surface area contributed by atoms with Crippen LogP contribution < -0.4 is 23.7 Å². The van der Waals surface area contributed by atoms with Crippen molar-refractivity contribution in [3.05, 3.63) is 76.9 Å². The minimum atomic E-state index is 0.645. The van der Waals surface area contributed by atoms with Crippen molar-refractivity contribution in [2.75, 3.05) is 35.5 Å². The molecule has 0 spiro atoms. The number of ether oxygens (including phenoxy) is 5. The van der Waals surface area contributed by atoms with E-state index in [2.05, 4.69) is 30.3 Å². The molecule has 0 fully saturated rings. The topological polar surface area (TPSA) is 46.2 Å². The highest BCUT2D eigenvalue weighted by Crippen LogP contribution is 2.43. The molecule has 0 aliphatic heterocycles. The highest BCUT2D eigenvalue weighted by atomic mass is 16.5. The molecule has 0 saturated heterocycles. The highest BCUT2D eigenvalue weighted by molar-refractivity contribution is 5.60. The van der Waals surface area contributed by atoms with Gasteiger partial charge >= 0.3 is 0 Å². The Labute approximate surface area is 190 Å². The summed E-state index contributed by atoms with van der Waals surface area (Å²) >= 11 is 0. The summed E-state index contributed by atoms with van der Waals surface area (Å²) in [5, 5.41) is 0. The summed E-state index contributed by atoms with van der Waals surface area (Å²) in [6.45, 7) is 0. The zero-order chi connectivity index (χ0) is 22.9. The third-order valence-corrected chi connectivity index (χ3v) is 5.64. The van der Waals surface area contributed by atoms with Gasteiger partial charge in [0.1, 0.15) is 11.5 Å². The van der Waals surface area contributed by atoms with Gasteiger partial charge in [0.05, 0.1) is 35.5 Å². The minimum absolute atomic E-state index is 0.645. The van der Waals surface area contributed by atoms with Crippen LogP contribution >= 0.6 is 0 Å². The van der Waals surface area contributed by atoms with Crippen molar-refractivity contribution < 1.29 is 23.7 Å². The standard InChI is InChI=1S/C27H32O5/c1-28-23-14-8-19(9-15-23)6-12-21-18-22(26(31-4)27(32-5)25(21)30-3)13-7-20-10-16-24(29-2)17-11-20/h8-11,14-18H,6-7,12-13H2,1-5H3. The highest BCUT2D eigenvalue weighted by Gasteiger charge is 2.20. The van der Waals surface area contributed by atoms with Crippen LogP contribution in [0.4, 0.5) is 0 Å². The van der Waals surface area contributed by atoms with Gasteiger partial charge in [0.2, 0.25) is 5.75 Å². The van der Waals surface area contributed by atoms with Crippen LogP contribution in [0, 0.1) is 0 Å². The first-order chi connectivity index (χ1) is 15.6. The maximum atomic E-state index is 5.74. The molecule has 0 radical (unpaired) electrons. The molecule has 0 atom stereocenters. The molecule has 0 unspecified atom stereocenters. The van der Waals surface area contributed by atoms with E-state index in [1.165, 1.54) is 11.1 Å². The van der Waals surface area contributed by atoms with E-state index >= 15 is 0 Å². The number of aryl methyl sites for hydroxylation is 4. The van der Waals surface area contributed by atoms with Gasteiger partial charge in [-0.2, -0.15) is 0 Å². The first-order valence-electron chi connectivity index (χ1n) is 10.7. The second-order valence-electron chi connectivity index (χ2n) is 7.49. The first kappa shape index (κ1) is 23.3. The van der Waals surface area contributed by atoms with Gasteiger partial charge in [-0.1, -0.05) is 24.3 Å². The van der Waals surface area contributed by atoms with Crippen molar-refractivity contribution >= 4 is 0 Å². The van der Waals surface area contributed by atoms with Crippen LogP contribution in [0.1, 0.15) is 22.3 Å². The van der Waals surface area contributed by atoms with E-state index in [-0.39, 0.29) is 0 Å². The van der Waals surface area contributed by atoms with Gasteiger partial charge in [-0.05, 0) is 78.3 Å². The van der Waals surface area contributed by atoms with Crippen LogP contribution in [0.25, 0.3) is 0 Å². The fraction of sp³-hybridized carbons (Fsp3) is 0.333. The molecule has 5 heteroatoms. The SMILES string of the molecule is COc1ccc(CCc2cc(CCc3ccc(OC)cc3)c(OC)c(OC)c2OC)cc1. The van der Waals surface area contributed by atoms with Gasteiger partial charge in [-0.15, -0.1) is 0 Å². The Morgan fingerprint density at radius 3 is 1.12 bits per heavy atom. The van der Waals surface area contributed by atoms with Crippen LogP contribution in [-0.2, 0) is 25.7 Å². The second-order valence-corrected chi connectivity index (χ2v) is 7.49. The number of benzene rings is 3.